The highest BCUT2D eigenvalue weighted by molar-refractivity contribution is 7.89. The molecule has 3 aromatic rings. The van der Waals surface area contributed by atoms with Crippen molar-refractivity contribution in [1.82, 2.24) is 19.3 Å². The molecule has 1 aliphatic heterocycles. The summed E-state index contributed by atoms with van der Waals surface area (Å²) in [5, 5.41) is 2.98. The smallest absolute Gasteiger partial charge is 0.340 e. The monoisotopic (exact) mass is 451 g/mol. The number of halogens is 3. The molecule has 0 saturated carbocycles. The molecule has 11 heteroatoms. The summed E-state index contributed by atoms with van der Waals surface area (Å²) in [6.07, 6.45) is -0.894. The van der Waals surface area contributed by atoms with E-state index in [9.17, 15) is 21.6 Å². The Morgan fingerprint density at radius 3 is 2.58 bits per heavy atom. The molecule has 0 spiro atoms. The topological polar surface area (TPSA) is 88.9 Å². The van der Waals surface area contributed by atoms with Crippen LogP contribution in [0.5, 0.6) is 0 Å². The summed E-state index contributed by atoms with van der Waals surface area (Å²) < 4.78 is 67.3. The first-order valence-electron chi connectivity index (χ1n) is 9.54. The SMILES string of the molecule is CNS(=O)(=O)c1ccc(Nc2ccc(C(F)(F)F)cn2)c(-c2cn3c(n2)C(C)CC3)c1. The fraction of sp³-hybridized carbons (Fsp3) is 0.300. The van der Waals surface area contributed by atoms with Gasteiger partial charge < -0.3 is 9.88 Å². The van der Waals surface area contributed by atoms with Crippen LogP contribution in [-0.4, -0.2) is 30.0 Å². The average Bonchev–Trinajstić information content (AvgIpc) is 3.30. The van der Waals surface area contributed by atoms with Gasteiger partial charge in [-0.15, -0.1) is 0 Å². The first-order valence-corrected chi connectivity index (χ1v) is 11.0. The predicted octanol–water partition coefficient (Wildman–Crippen LogP) is 4.12. The molecule has 0 aliphatic carbocycles. The number of fused-ring (bicyclic) bond motifs is 1. The van der Waals surface area contributed by atoms with Gasteiger partial charge in [0.2, 0.25) is 10.0 Å². The van der Waals surface area contributed by atoms with E-state index in [2.05, 4.69) is 26.9 Å². The highest BCUT2D eigenvalue weighted by Gasteiger charge is 2.30. The molecule has 0 saturated heterocycles. The Labute approximate surface area is 177 Å². The van der Waals surface area contributed by atoms with Gasteiger partial charge in [0.25, 0.3) is 0 Å². The van der Waals surface area contributed by atoms with Gasteiger partial charge in [0.05, 0.1) is 16.2 Å². The van der Waals surface area contributed by atoms with Crippen molar-refractivity contribution < 1.29 is 21.6 Å². The van der Waals surface area contributed by atoms with Gasteiger partial charge in [0.15, 0.2) is 0 Å². The van der Waals surface area contributed by atoms with E-state index in [0.717, 1.165) is 31.1 Å². The van der Waals surface area contributed by atoms with Gasteiger partial charge in [-0.2, -0.15) is 13.2 Å². The fourth-order valence-corrected chi connectivity index (χ4v) is 4.25. The minimum absolute atomic E-state index is 0.0529. The van der Waals surface area contributed by atoms with Crippen LogP contribution in [0.3, 0.4) is 0 Å². The van der Waals surface area contributed by atoms with Crippen LogP contribution >= 0.6 is 0 Å². The third-order valence-corrected chi connectivity index (χ3v) is 6.66. The molecule has 4 rings (SSSR count). The van der Waals surface area contributed by atoms with Gasteiger partial charge in [-0.3, -0.25) is 0 Å². The number of hydrogen-bond donors (Lipinski definition) is 2. The molecule has 0 bridgehead atoms. The molecule has 1 atom stereocenters. The highest BCUT2D eigenvalue weighted by atomic mass is 32.2. The molecular formula is C20H20F3N5O2S. The predicted molar refractivity (Wildman–Crippen MR) is 109 cm³/mol. The number of aromatic nitrogens is 3. The number of alkyl halides is 3. The second kappa shape index (κ2) is 7.65. The van der Waals surface area contributed by atoms with Crippen LogP contribution in [0.15, 0.2) is 47.6 Å². The van der Waals surface area contributed by atoms with Crippen molar-refractivity contribution in [3.05, 3.63) is 54.1 Å². The molecule has 0 radical (unpaired) electrons. The first kappa shape index (κ1) is 21.3. The van der Waals surface area contributed by atoms with E-state index in [1.54, 1.807) is 6.07 Å². The van der Waals surface area contributed by atoms with Gasteiger partial charge in [-0.25, -0.2) is 23.1 Å². The summed E-state index contributed by atoms with van der Waals surface area (Å²) in [5.74, 6) is 1.39. The first-order chi connectivity index (χ1) is 14.6. The van der Waals surface area contributed by atoms with Crippen molar-refractivity contribution >= 4 is 21.5 Å². The lowest BCUT2D eigenvalue weighted by molar-refractivity contribution is -0.137. The van der Waals surface area contributed by atoms with E-state index in [0.29, 0.717) is 16.9 Å². The van der Waals surface area contributed by atoms with Crippen molar-refractivity contribution in [1.29, 1.82) is 0 Å². The number of benzene rings is 1. The Morgan fingerprint density at radius 2 is 1.97 bits per heavy atom. The lowest BCUT2D eigenvalue weighted by Crippen LogP contribution is -2.18. The molecule has 31 heavy (non-hydrogen) atoms. The minimum atomic E-state index is -4.48. The third-order valence-electron chi connectivity index (χ3n) is 5.25. The fourth-order valence-electron chi connectivity index (χ4n) is 3.50. The number of rotatable bonds is 5. The Bertz CT molecular complexity index is 1220. The molecule has 2 N–H and O–H groups in total. The van der Waals surface area contributed by atoms with Gasteiger partial charge in [0.1, 0.15) is 11.6 Å². The number of hydrogen-bond acceptors (Lipinski definition) is 5. The van der Waals surface area contributed by atoms with Crippen molar-refractivity contribution in [3.8, 4) is 11.3 Å². The van der Waals surface area contributed by atoms with Crippen LogP contribution in [-0.2, 0) is 22.7 Å². The highest BCUT2D eigenvalue weighted by Crippen LogP contribution is 2.36. The van der Waals surface area contributed by atoms with E-state index >= 15 is 0 Å². The van der Waals surface area contributed by atoms with Crippen molar-refractivity contribution in [2.45, 2.75) is 36.9 Å². The summed E-state index contributed by atoms with van der Waals surface area (Å²) in [7, 11) is -2.38. The Balaban J connectivity index is 1.76. The number of nitrogens with zero attached hydrogens (tertiary/aromatic N) is 3. The van der Waals surface area contributed by atoms with Crippen LogP contribution < -0.4 is 10.0 Å². The van der Waals surface area contributed by atoms with E-state index < -0.39 is 21.8 Å². The zero-order chi connectivity index (χ0) is 22.4. The summed E-state index contributed by atoms with van der Waals surface area (Å²) in [6.45, 7) is 2.89. The maximum atomic E-state index is 12.8. The molecule has 1 aromatic carbocycles. The molecule has 2 aromatic heterocycles. The Kier molecular flexibility index (Phi) is 5.26. The Hall–Kier alpha value is -2.92. The van der Waals surface area contributed by atoms with Gasteiger partial charge in [-0.05, 0) is 43.8 Å². The van der Waals surface area contributed by atoms with Crippen LogP contribution in [0.4, 0.5) is 24.7 Å². The normalized spacial score (nSPS) is 16.4. The van der Waals surface area contributed by atoms with E-state index in [4.69, 9.17) is 0 Å². The molecule has 164 valence electrons. The molecule has 7 nitrogen and oxygen atoms in total. The molecular weight excluding hydrogens is 431 g/mol. The van der Waals surface area contributed by atoms with Crippen molar-refractivity contribution in [2.24, 2.45) is 0 Å². The summed E-state index contributed by atoms with van der Waals surface area (Å²) >= 11 is 0. The van der Waals surface area contributed by atoms with Crippen LogP contribution in [0.25, 0.3) is 11.3 Å². The number of anilines is 2. The molecule has 0 fully saturated rings. The second-order valence-electron chi connectivity index (χ2n) is 7.34. The molecule has 3 heterocycles. The minimum Gasteiger partial charge on any atom is -0.340 e. The van der Waals surface area contributed by atoms with Gasteiger partial charge in [0, 0.05) is 36.1 Å². The molecule has 0 amide bonds. The summed E-state index contributed by atoms with van der Waals surface area (Å²) in [4.78, 5) is 8.57. The van der Waals surface area contributed by atoms with Crippen molar-refractivity contribution in [3.63, 3.8) is 0 Å². The third kappa shape index (κ3) is 4.15. The second-order valence-corrected chi connectivity index (χ2v) is 9.22. The van der Waals surface area contributed by atoms with E-state index in [-0.39, 0.29) is 16.6 Å². The maximum absolute atomic E-state index is 12.8. The number of pyridine rings is 1. The van der Waals surface area contributed by atoms with E-state index in [1.165, 1.54) is 25.2 Å². The Morgan fingerprint density at radius 1 is 1.19 bits per heavy atom. The lowest BCUT2D eigenvalue weighted by Gasteiger charge is -2.13. The van der Waals surface area contributed by atoms with Crippen LogP contribution in [0, 0.1) is 0 Å². The zero-order valence-electron chi connectivity index (χ0n) is 16.7. The van der Waals surface area contributed by atoms with Crippen molar-refractivity contribution in [2.75, 3.05) is 12.4 Å². The number of aryl methyl sites for hydroxylation is 1. The number of sulfonamides is 1. The average molecular weight is 451 g/mol. The quantitative estimate of drug-likeness (QED) is 0.609. The summed E-state index contributed by atoms with van der Waals surface area (Å²) in [6, 6.07) is 6.60. The summed E-state index contributed by atoms with van der Waals surface area (Å²) in [5.41, 5.74) is 0.705. The number of nitrogens with one attached hydrogen (secondary N) is 2. The van der Waals surface area contributed by atoms with Crippen LogP contribution in [0.2, 0.25) is 0 Å². The standard InChI is InChI=1S/C20H20F3N5O2S/c1-12-7-8-28-11-17(27-19(12)28)15-9-14(31(29,30)24-2)4-5-16(15)26-18-6-3-13(10-25-18)20(21,22)23/h3-6,9-12,24H,7-8H2,1-2H3,(H,25,26). The van der Waals surface area contributed by atoms with E-state index in [1.807, 2.05) is 10.8 Å². The zero-order valence-corrected chi connectivity index (χ0v) is 17.5. The lowest BCUT2D eigenvalue weighted by atomic mass is 10.1. The molecule has 1 aliphatic rings. The molecule has 1 unspecified atom stereocenters. The van der Waals surface area contributed by atoms with Gasteiger partial charge >= 0.3 is 6.18 Å². The van der Waals surface area contributed by atoms with Gasteiger partial charge in [-0.1, -0.05) is 6.92 Å². The van der Waals surface area contributed by atoms with Crippen LogP contribution in [0.1, 0.15) is 30.7 Å². The largest absolute Gasteiger partial charge is 0.417 e. The number of imidazole rings is 1. The maximum Gasteiger partial charge on any atom is 0.417 e.